The Bertz CT molecular complexity index is 516. The summed E-state index contributed by atoms with van der Waals surface area (Å²) in [5, 5.41) is 0. The van der Waals surface area contributed by atoms with Gasteiger partial charge in [0.1, 0.15) is 11.4 Å². The lowest BCUT2D eigenvalue weighted by Gasteiger charge is -2.28. The fourth-order valence-corrected chi connectivity index (χ4v) is 4.90. The standard InChI is InChI=1S/C18H29N3O2/c1-3-16-19-18(17(22)21(16)10-13-4-5-13)7-6-14-11-20(8-9-23-2)12-15(14)18/h13-15H,3-12H2,1-2H3/t14-,15+,18-/m1/s1. The predicted octanol–water partition coefficient (Wildman–Crippen LogP) is 1.77. The Hall–Kier alpha value is -0.940. The third-order valence-corrected chi connectivity index (χ3v) is 6.35. The first-order valence-corrected chi connectivity index (χ1v) is 9.30. The molecule has 5 nitrogen and oxygen atoms in total. The number of hydrogen-bond acceptors (Lipinski definition) is 4. The Labute approximate surface area is 139 Å². The fraction of sp³-hybridized carbons (Fsp3) is 0.889. The van der Waals surface area contributed by atoms with Crippen LogP contribution in [0.4, 0.5) is 0 Å². The smallest absolute Gasteiger partial charge is 0.256 e. The Morgan fingerprint density at radius 3 is 2.83 bits per heavy atom. The summed E-state index contributed by atoms with van der Waals surface area (Å²) in [5.41, 5.74) is -0.424. The number of rotatable bonds is 6. The molecule has 3 atom stereocenters. The van der Waals surface area contributed by atoms with Gasteiger partial charge in [-0.3, -0.25) is 14.7 Å². The Kier molecular flexibility index (Phi) is 3.96. The molecule has 5 heteroatoms. The molecule has 0 N–H and O–H groups in total. The zero-order chi connectivity index (χ0) is 16.0. The van der Waals surface area contributed by atoms with Gasteiger partial charge in [0.25, 0.3) is 5.91 Å². The quantitative estimate of drug-likeness (QED) is 0.749. The van der Waals surface area contributed by atoms with Crippen LogP contribution in [0.1, 0.15) is 39.0 Å². The molecule has 2 aliphatic heterocycles. The zero-order valence-electron chi connectivity index (χ0n) is 14.5. The van der Waals surface area contributed by atoms with Crippen LogP contribution in [-0.4, -0.2) is 67.0 Å². The van der Waals surface area contributed by atoms with Crippen molar-refractivity contribution < 1.29 is 9.53 Å². The number of amides is 1. The molecule has 0 unspecified atom stereocenters. The van der Waals surface area contributed by atoms with Gasteiger partial charge in [-0.2, -0.15) is 0 Å². The third kappa shape index (κ3) is 2.52. The highest BCUT2D eigenvalue weighted by molar-refractivity contribution is 6.08. The van der Waals surface area contributed by atoms with Gasteiger partial charge in [0.2, 0.25) is 0 Å². The molecular weight excluding hydrogens is 290 g/mol. The van der Waals surface area contributed by atoms with Crippen molar-refractivity contribution in [2.75, 3.05) is 39.9 Å². The number of methoxy groups -OCH3 is 1. The molecule has 0 aromatic carbocycles. The molecule has 4 aliphatic rings. The second-order valence-corrected chi connectivity index (χ2v) is 7.82. The monoisotopic (exact) mass is 319 g/mol. The van der Waals surface area contributed by atoms with Crippen LogP contribution in [0.25, 0.3) is 0 Å². The third-order valence-electron chi connectivity index (χ3n) is 6.35. The summed E-state index contributed by atoms with van der Waals surface area (Å²) in [6.45, 7) is 6.93. The summed E-state index contributed by atoms with van der Waals surface area (Å²) in [6.07, 6.45) is 5.56. The first kappa shape index (κ1) is 15.6. The van der Waals surface area contributed by atoms with E-state index in [1.165, 1.54) is 12.8 Å². The zero-order valence-corrected chi connectivity index (χ0v) is 14.5. The van der Waals surface area contributed by atoms with Gasteiger partial charge in [-0.15, -0.1) is 0 Å². The Morgan fingerprint density at radius 1 is 1.30 bits per heavy atom. The molecule has 2 saturated carbocycles. The van der Waals surface area contributed by atoms with Crippen molar-refractivity contribution in [3.05, 3.63) is 0 Å². The van der Waals surface area contributed by atoms with Crippen molar-refractivity contribution in [1.82, 2.24) is 9.80 Å². The van der Waals surface area contributed by atoms with E-state index in [4.69, 9.17) is 9.73 Å². The lowest BCUT2D eigenvalue weighted by Crippen LogP contribution is -2.47. The number of aliphatic imine (C=N–C) groups is 1. The minimum absolute atomic E-state index is 0.322. The minimum Gasteiger partial charge on any atom is -0.383 e. The van der Waals surface area contributed by atoms with Crippen LogP contribution < -0.4 is 0 Å². The molecule has 0 aromatic rings. The number of hydrogen-bond donors (Lipinski definition) is 0. The second-order valence-electron chi connectivity index (χ2n) is 7.82. The number of carbonyl (C=O) groups is 1. The lowest BCUT2D eigenvalue weighted by molar-refractivity contribution is -0.132. The average Bonchev–Trinajstić information content (AvgIpc) is 3.09. The highest BCUT2D eigenvalue weighted by Crippen LogP contribution is 2.50. The number of ether oxygens (including phenoxy) is 1. The largest absolute Gasteiger partial charge is 0.383 e. The summed E-state index contributed by atoms with van der Waals surface area (Å²) < 4.78 is 5.22. The Balaban J connectivity index is 1.53. The number of likely N-dealkylation sites (tertiary alicyclic amines) is 1. The van der Waals surface area contributed by atoms with Crippen molar-refractivity contribution in [2.45, 2.75) is 44.6 Å². The molecule has 2 aliphatic carbocycles. The van der Waals surface area contributed by atoms with E-state index >= 15 is 0 Å². The summed E-state index contributed by atoms with van der Waals surface area (Å²) in [5.74, 6) is 3.15. The van der Waals surface area contributed by atoms with Crippen molar-refractivity contribution in [2.24, 2.45) is 22.7 Å². The summed E-state index contributed by atoms with van der Waals surface area (Å²) in [7, 11) is 1.76. The maximum atomic E-state index is 13.3. The van der Waals surface area contributed by atoms with Crippen LogP contribution in [0.2, 0.25) is 0 Å². The topological polar surface area (TPSA) is 45.1 Å². The molecule has 0 radical (unpaired) electrons. The molecule has 0 aromatic heterocycles. The minimum atomic E-state index is -0.424. The molecular formula is C18H29N3O2. The highest BCUT2D eigenvalue weighted by atomic mass is 16.5. The van der Waals surface area contributed by atoms with Crippen LogP contribution in [-0.2, 0) is 9.53 Å². The average molecular weight is 319 g/mol. The SMILES string of the molecule is CCC1=N[C@@]2(CC[C@@H]3CN(CCOC)C[C@@H]32)C(=O)N1CC1CC1. The van der Waals surface area contributed by atoms with Crippen LogP contribution in [0.15, 0.2) is 4.99 Å². The van der Waals surface area contributed by atoms with Crippen molar-refractivity contribution in [3.8, 4) is 0 Å². The van der Waals surface area contributed by atoms with Crippen LogP contribution in [0.3, 0.4) is 0 Å². The highest BCUT2D eigenvalue weighted by Gasteiger charge is 2.60. The molecule has 128 valence electrons. The van der Waals surface area contributed by atoms with Gasteiger partial charge in [-0.1, -0.05) is 6.92 Å². The number of nitrogens with zero attached hydrogens (tertiary/aromatic N) is 3. The number of carbonyl (C=O) groups excluding carboxylic acids is 1. The predicted molar refractivity (Wildman–Crippen MR) is 89.4 cm³/mol. The number of amidine groups is 1. The molecule has 1 amide bonds. The Morgan fingerprint density at radius 2 is 2.13 bits per heavy atom. The molecule has 3 fully saturated rings. The van der Waals surface area contributed by atoms with Crippen LogP contribution in [0.5, 0.6) is 0 Å². The number of fused-ring (bicyclic) bond motifs is 2. The molecule has 2 heterocycles. The van der Waals surface area contributed by atoms with E-state index in [-0.39, 0.29) is 0 Å². The summed E-state index contributed by atoms with van der Waals surface area (Å²) in [4.78, 5) is 22.9. The molecule has 4 rings (SSSR count). The molecule has 0 bridgehead atoms. The van der Waals surface area contributed by atoms with Gasteiger partial charge in [0.15, 0.2) is 0 Å². The maximum absolute atomic E-state index is 13.3. The van der Waals surface area contributed by atoms with Crippen molar-refractivity contribution in [1.29, 1.82) is 0 Å². The first-order chi connectivity index (χ1) is 11.2. The van der Waals surface area contributed by atoms with Gasteiger partial charge in [0.05, 0.1) is 6.61 Å². The van der Waals surface area contributed by atoms with Crippen molar-refractivity contribution in [3.63, 3.8) is 0 Å². The normalized spacial score (nSPS) is 37.0. The van der Waals surface area contributed by atoms with E-state index in [1.54, 1.807) is 7.11 Å². The second kappa shape index (κ2) is 5.85. The van der Waals surface area contributed by atoms with Crippen LogP contribution >= 0.6 is 0 Å². The van der Waals surface area contributed by atoms with Gasteiger partial charge < -0.3 is 9.64 Å². The molecule has 1 spiro atoms. The van der Waals surface area contributed by atoms with Gasteiger partial charge >= 0.3 is 0 Å². The van der Waals surface area contributed by atoms with Crippen LogP contribution in [0, 0.1) is 17.8 Å². The molecule has 1 saturated heterocycles. The maximum Gasteiger partial charge on any atom is 0.256 e. The van der Waals surface area contributed by atoms with E-state index in [2.05, 4.69) is 16.7 Å². The molecule has 23 heavy (non-hydrogen) atoms. The van der Waals surface area contributed by atoms with Gasteiger partial charge in [-0.25, -0.2) is 0 Å². The van der Waals surface area contributed by atoms with Crippen molar-refractivity contribution >= 4 is 11.7 Å². The first-order valence-electron chi connectivity index (χ1n) is 9.30. The van der Waals surface area contributed by atoms with Gasteiger partial charge in [-0.05, 0) is 37.5 Å². The van der Waals surface area contributed by atoms with E-state index in [0.717, 1.165) is 63.8 Å². The van der Waals surface area contributed by atoms with Gasteiger partial charge in [0, 0.05) is 45.6 Å². The summed E-state index contributed by atoms with van der Waals surface area (Å²) in [6, 6.07) is 0. The van der Waals surface area contributed by atoms with E-state index < -0.39 is 5.54 Å². The lowest BCUT2D eigenvalue weighted by atomic mass is 9.85. The van der Waals surface area contributed by atoms with E-state index in [1.807, 2.05) is 0 Å². The summed E-state index contributed by atoms with van der Waals surface area (Å²) >= 11 is 0. The van der Waals surface area contributed by atoms with E-state index in [9.17, 15) is 4.79 Å². The van der Waals surface area contributed by atoms with E-state index in [0.29, 0.717) is 17.7 Å². The fourth-order valence-electron chi connectivity index (χ4n) is 4.90.